The summed E-state index contributed by atoms with van der Waals surface area (Å²) in [5, 5.41) is 3.98. The van der Waals surface area contributed by atoms with Gasteiger partial charge in [-0.15, -0.1) is 0 Å². The van der Waals surface area contributed by atoms with Crippen LogP contribution in [0.5, 0.6) is 0 Å². The van der Waals surface area contributed by atoms with Crippen LogP contribution in [0.4, 0.5) is 5.69 Å². The zero-order valence-electron chi connectivity index (χ0n) is 21.3. The number of anilines is 1. The van der Waals surface area contributed by atoms with Gasteiger partial charge < -0.3 is 5.32 Å². The van der Waals surface area contributed by atoms with Crippen LogP contribution >= 0.6 is 0 Å². The second-order valence-corrected chi connectivity index (χ2v) is 12.0. The van der Waals surface area contributed by atoms with Crippen LogP contribution in [0.15, 0.2) is 48.5 Å². The molecular formula is C31H44N2. The van der Waals surface area contributed by atoms with Crippen LogP contribution in [-0.4, -0.2) is 23.5 Å². The summed E-state index contributed by atoms with van der Waals surface area (Å²) < 4.78 is 0. The van der Waals surface area contributed by atoms with Gasteiger partial charge in [0.1, 0.15) is 0 Å². The third kappa shape index (κ3) is 4.87. The minimum absolute atomic E-state index is 0.245. The topological polar surface area (TPSA) is 15.3 Å². The van der Waals surface area contributed by atoms with Crippen LogP contribution < -0.4 is 5.32 Å². The van der Waals surface area contributed by atoms with E-state index in [1.165, 1.54) is 74.6 Å². The predicted octanol–water partition coefficient (Wildman–Crippen LogP) is 7.84. The minimum atomic E-state index is 0.245. The lowest BCUT2D eigenvalue weighted by molar-refractivity contribution is 0.102. The summed E-state index contributed by atoms with van der Waals surface area (Å²) in [6.45, 7) is 7.24. The van der Waals surface area contributed by atoms with Crippen LogP contribution in [0, 0.1) is 17.8 Å². The van der Waals surface area contributed by atoms with Gasteiger partial charge in [-0.3, -0.25) is 4.90 Å². The van der Waals surface area contributed by atoms with Crippen molar-refractivity contribution in [1.29, 1.82) is 0 Å². The summed E-state index contributed by atoms with van der Waals surface area (Å²) in [5.74, 6) is 2.75. The summed E-state index contributed by atoms with van der Waals surface area (Å²) in [5.41, 5.74) is 6.00. The molecule has 0 saturated heterocycles. The average Bonchev–Trinajstić information content (AvgIpc) is 2.77. The fraction of sp³-hybridized carbons (Fsp3) is 0.613. The van der Waals surface area contributed by atoms with Crippen LogP contribution in [0.25, 0.3) is 0 Å². The Morgan fingerprint density at radius 1 is 0.970 bits per heavy atom. The molecule has 2 fully saturated rings. The monoisotopic (exact) mass is 444 g/mol. The molecular weight excluding hydrogens is 400 g/mol. The first-order valence-electron chi connectivity index (χ1n) is 13.6. The van der Waals surface area contributed by atoms with Gasteiger partial charge in [0.25, 0.3) is 0 Å². The minimum Gasteiger partial charge on any atom is -0.380 e. The molecule has 178 valence electrons. The molecule has 4 unspecified atom stereocenters. The average molecular weight is 445 g/mol. The van der Waals surface area contributed by atoms with Gasteiger partial charge in [0.15, 0.2) is 0 Å². The van der Waals surface area contributed by atoms with Crippen molar-refractivity contribution < 1.29 is 0 Å². The summed E-state index contributed by atoms with van der Waals surface area (Å²) in [6, 6.07) is 19.6. The zero-order chi connectivity index (χ0) is 23.0. The number of nitrogens with zero attached hydrogens (tertiary/aromatic N) is 1. The Labute approximate surface area is 202 Å². The molecule has 5 rings (SSSR count). The molecule has 1 heterocycles. The normalized spacial score (nSPS) is 34.0. The van der Waals surface area contributed by atoms with Crippen LogP contribution in [0.2, 0.25) is 0 Å². The molecule has 2 heteroatoms. The summed E-state index contributed by atoms with van der Waals surface area (Å²) in [4.78, 5) is 2.64. The molecule has 1 aliphatic heterocycles. The van der Waals surface area contributed by atoms with Gasteiger partial charge in [-0.25, -0.2) is 0 Å². The Hall–Kier alpha value is -1.80. The van der Waals surface area contributed by atoms with Crippen LogP contribution in [0.3, 0.4) is 0 Å². The number of hydrogen-bond acceptors (Lipinski definition) is 2. The lowest BCUT2D eigenvalue weighted by Crippen LogP contribution is -2.45. The van der Waals surface area contributed by atoms with E-state index in [0.717, 1.165) is 17.8 Å². The Morgan fingerprint density at radius 3 is 2.36 bits per heavy atom. The number of nitrogens with one attached hydrogen (secondary N) is 1. The molecule has 2 nitrogen and oxygen atoms in total. The van der Waals surface area contributed by atoms with Crippen molar-refractivity contribution in [3.05, 3.63) is 65.2 Å². The first-order chi connectivity index (χ1) is 15.9. The number of fused-ring (bicyclic) bond motifs is 3. The highest BCUT2D eigenvalue weighted by Gasteiger charge is 2.41. The van der Waals surface area contributed by atoms with Crippen LogP contribution in [-0.2, 0) is 6.42 Å². The summed E-state index contributed by atoms with van der Waals surface area (Å²) in [7, 11) is 2.34. The van der Waals surface area contributed by atoms with E-state index < -0.39 is 0 Å². The van der Waals surface area contributed by atoms with Gasteiger partial charge in [-0.05, 0) is 105 Å². The third-order valence-corrected chi connectivity index (χ3v) is 8.97. The quantitative estimate of drug-likeness (QED) is 0.488. The maximum absolute atomic E-state index is 3.98. The first kappa shape index (κ1) is 23.0. The van der Waals surface area contributed by atoms with E-state index in [1.54, 1.807) is 5.56 Å². The maximum atomic E-state index is 3.98. The Morgan fingerprint density at radius 2 is 1.67 bits per heavy atom. The summed E-state index contributed by atoms with van der Waals surface area (Å²) in [6.07, 6.45) is 12.0. The van der Waals surface area contributed by atoms with Crippen molar-refractivity contribution in [2.24, 2.45) is 17.8 Å². The second kappa shape index (κ2) is 9.45. The van der Waals surface area contributed by atoms with Crippen molar-refractivity contribution in [2.75, 3.05) is 12.4 Å². The molecule has 2 saturated carbocycles. The van der Waals surface area contributed by atoms with E-state index in [2.05, 4.69) is 86.6 Å². The molecule has 1 N–H and O–H groups in total. The van der Waals surface area contributed by atoms with Gasteiger partial charge in [0, 0.05) is 17.3 Å². The lowest BCUT2D eigenvalue weighted by Gasteiger charge is -2.48. The maximum Gasteiger partial charge on any atom is 0.0604 e. The van der Waals surface area contributed by atoms with Crippen molar-refractivity contribution in [1.82, 2.24) is 4.90 Å². The molecule has 0 radical (unpaired) electrons. The molecule has 0 amide bonds. The molecule has 4 atom stereocenters. The van der Waals surface area contributed by atoms with Crippen molar-refractivity contribution in [2.45, 2.75) is 96.2 Å². The second-order valence-electron chi connectivity index (χ2n) is 12.0. The molecule has 33 heavy (non-hydrogen) atoms. The molecule has 3 aliphatic rings. The summed E-state index contributed by atoms with van der Waals surface area (Å²) >= 11 is 0. The SMILES string of the molecule is CCCCC1Cc2ccccc2C(c2ccc(NC3(C)CC4CC(C)CC(C4)C3)cc2)N1C. The number of hydrogen-bond donors (Lipinski definition) is 1. The van der Waals surface area contributed by atoms with E-state index in [4.69, 9.17) is 0 Å². The van der Waals surface area contributed by atoms with Gasteiger partial charge >= 0.3 is 0 Å². The molecule has 0 spiro atoms. The highest BCUT2D eigenvalue weighted by Crippen LogP contribution is 2.47. The molecule has 2 aliphatic carbocycles. The van der Waals surface area contributed by atoms with Gasteiger partial charge in [-0.1, -0.05) is 63.1 Å². The van der Waals surface area contributed by atoms with Gasteiger partial charge in [-0.2, -0.15) is 0 Å². The van der Waals surface area contributed by atoms with Gasteiger partial charge in [0.2, 0.25) is 0 Å². The fourth-order valence-electron chi connectivity index (χ4n) is 7.76. The molecule has 2 aromatic carbocycles. The van der Waals surface area contributed by atoms with E-state index in [9.17, 15) is 0 Å². The number of rotatable bonds is 6. The van der Waals surface area contributed by atoms with Crippen molar-refractivity contribution >= 4 is 5.69 Å². The number of likely N-dealkylation sites (N-methyl/N-ethyl adjacent to an activating group) is 1. The number of unbranched alkanes of at least 4 members (excludes halogenated alkanes) is 1. The first-order valence-corrected chi connectivity index (χ1v) is 13.6. The molecule has 0 aromatic heterocycles. The smallest absolute Gasteiger partial charge is 0.0604 e. The van der Waals surface area contributed by atoms with Crippen molar-refractivity contribution in [3.63, 3.8) is 0 Å². The van der Waals surface area contributed by atoms with E-state index in [1.807, 2.05) is 0 Å². The third-order valence-electron chi connectivity index (χ3n) is 8.97. The standard InChI is InChI=1S/C31H44N2/c1-5-6-10-28-19-26-9-7-8-11-29(26)30(33(28)4)25-12-14-27(15-13-25)32-31(3)20-23-16-22(2)17-24(18-23)21-31/h7-9,11-15,22-24,28,30,32H,5-6,10,16-21H2,1-4H3. The Kier molecular flexibility index (Phi) is 6.58. The van der Waals surface area contributed by atoms with Crippen molar-refractivity contribution in [3.8, 4) is 0 Å². The van der Waals surface area contributed by atoms with E-state index in [-0.39, 0.29) is 5.54 Å². The van der Waals surface area contributed by atoms with Crippen LogP contribution in [0.1, 0.15) is 94.9 Å². The van der Waals surface area contributed by atoms with Gasteiger partial charge in [0.05, 0.1) is 6.04 Å². The highest BCUT2D eigenvalue weighted by atomic mass is 15.2. The van der Waals surface area contributed by atoms with E-state index >= 15 is 0 Å². The predicted molar refractivity (Wildman–Crippen MR) is 141 cm³/mol. The molecule has 2 bridgehead atoms. The highest BCUT2D eigenvalue weighted by molar-refractivity contribution is 5.49. The Balaban J connectivity index is 1.34. The largest absolute Gasteiger partial charge is 0.380 e. The Bertz CT molecular complexity index is 914. The zero-order valence-corrected chi connectivity index (χ0v) is 21.3. The number of benzene rings is 2. The molecule has 2 aromatic rings. The lowest BCUT2D eigenvalue weighted by atomic mass is 9.62. The van der Waals surface area contributed by atoms with E-state index in [0.29, 0.717) is 12.1 Å². The fourth-order valence-corrected chi connectivity index (χ4v) is 7.76.